The van der Waals surface area contributed by atoms with Crippen LogP contribution < -0.4 is 5.32 Å². The zero-order chi connectivity index (χ0) is 12.4. The molecule has 0 aliphatic heterocycles. The lowest BCUT2D eigenvalue weighted by molar-refractivity contribution is 0.0203. The van der Waals surface area contributed by atoms with E-state index in [4.69, 9.17) is 0 Å². The van der Waals surface area contributed by atoms with E-state index in [1.165, 1.54) is 0 Å². The monoisotopic (exact) mass is 235 g/mol. The Balaban J connectivity index is 2.29. The number of benzene rings is 1. The molecule has 0 saturated heterocycles. The van der Waals surface area contributed by atoms with Gasteiger partial charge in [-0.3, -0.25) is 0 Å². The predicted molar refractivity (Wildman–Crippen MR) is 65.6 cm³/mol. The van der Waals surface area contributed by atoms with E-state index in [1.54, 1.807) is 19.4 Å². The minimum atomic E-state index is -0.895. The highest BCUT2D eigenvalue weighted by atomic mass is 16.3. The third kappa shape index (κ3) is 2.31. The van der Waals surface area contributed by atoms with Crippen LogP contribution >= 0.6 is 0 Å². The minimum Gasteiger partial charge on any atom is -0.389 e. The van der Waals surface area contributed by atoms with Crippen molar-refractivity contribution in [1.29, 1.82) is 0 Å². The number of imidazole rings is 1. The maximum atomic E-state index is 9.96. The Morgan fingerprint density at radius 1 is 1.41 bits per heavy atom. The molecule has 0 spiro atoms. The van der Waals surface area contributed by atoms with Gasteiger partial charge < -0.3 is 20.1 Å². The van der Waals surface area contributed by atoms with Gasteiger partial charge >= 0.3 is 0 Å². The number of aliphatic hydroxyl groups is 2. The highest BCUT2D eigenvalue weighted by Crippen LogP contribution is 2.21. The van der Waals surface area contributed by atoms with Gasteiger partial charge in [-0.15, -0.1) is 0 Å². The van der Waals surface area contributed by atoms with Crippen LogP contribution in [0.2, 0.25) is 0 Å². The van der Waals surface area contributed by atoms with Crippen molar-refractivity contribution < 1.29 is 10.2 Å². The van der Waals surface area contributed by atoms with Gasteiger partial charge in [-0.25, -0.2) is 4.98 Å². The van der Waals surface area contributed by atoms with Gasteiger partial charge in [0, 0.05) is 13.6 Å². The number of nitrogens with one attached hydrogen (secondary N) is 1. The van der Waals surface area contributed by atoms with Crippen molar-refractivity contribution in [3.8, 4) is 0 Å². The highest BCUT2D eigenvalue weighted by molar-refractivity contribution is 5.76. The molecule has 5 nitrogen and oxygen atoms in total. The molecule has 1 heterocycles. The first-order valence-corrected chi connectivity index (χ1v) is 5.55. The first-order valence-electron chi connectivity index (χ1n) is 5.55. The maximum Gasteiger partial charge on any atom is 0.106 e. The normalized spacial score (nSPS) is 15.1. The van der Waals surface area contributed by atoms with Gasteiger partial charge in [-0.2, -0.15) is 0 Å². The van der Waals surface area contributed by atoms with Crippen LogP contribution in [0.4, 0.5) is 0 Å². The second-order valence-corrected chi connectivity index (χ2v) is 4.17. The molecule has 1 aromatic carbocycles. The minimum absolute atomic E-state index is 0.349. The molecular weight excluding hydrogens is 218 g/mol. The Hall–Kier alpha value is -1.43. The number of hydrogen-bond donors (Lipinski definition) is 3. The van der Waals surface area contributed by atoms with Crippen LogP contribution in [0.1, 0.15) is 11.7 Å². The van der Waals surface area contributed by atoms with E-state index in [2.05, 4.69) is 10.3 Å². The summed E-state index contributed by atoms with van der Waals surface area (Å²) in [6.07, 6.45) is 0.0141. The van der Waals surface area contributed by atoms with Gasteiger partial charge in [0.15, 0.2) is 0 Å². The SMILES string of the molecule is CNCC(O)C(O)c1ccc2c(c1)ncn2C. The van der Waals surface area contributed by atoms with Crippen LogP contribution in [0.3, 0.4) is 0 Å². The summed E-state index contributed by atoms with van der Waals surface area (Å²) in [6.45, 7) is 0.349. The van der Waals surface area contributed by atoms with Crippen LogP contribution in [0.15, 0.2) is 24.5 Å². The van der Waals surface area contributed by atoms with Crippen molar-refractivity contribution in [2.45, 2.75) is 12.2 Å². The van der Waals surface area contributed by atoms with Crippen molar-refractivity contribution in [2.24, 2.45) is 7.05 Å². The molecule has 0 fully saturated rings. The van der Waals surface area contributed by atoms with Crippen LogP contribution in [0.25, 0.3) is 11.0 Å². The van der Waals surface area contributed by atoms with E-state index >= 15 is 0 Å². The zero-order valence-electron chi connectivity index (χ0n) is 9.96. The molecule has 0 aliphatic rings. The standard InChI is InChI=1S/C12H17N3O2/c1-13-6-11(16)12(17)8-3-4-10-9(5-8)14-7-15(10)2/h3-5,7,11-13,16-17H,6H2,1-2H3. The predicted octanol–water partition coefficient (Wildman–Crippen LogP) is 0.187. The molecule has 17 heavy (non-hydrogen) atoms. The first-order chi connectivity index (χ1) is 8.13. The lowest BCUT2D eigenvalue weighted by Crippen LogP contribution is -2.29. The molecule has 0 saturated carbocycles. The fourth-order valence-corrected chi connectivity index (χ4v) is 1.88. The molecule has 1 aromatic heterocycles. The van der Waals surface area contributed by atoms with Crippen LogP contribution in [-0.2, 0) is 7.05 Å². The number of aliphatic hydroxyl groups excluding tert-OH is 2. The lowest BCUT2D eigenvalue weighted by Gasteiger charge is -2.17. The first kappa shape index (κ1) is 12.0. The summed E-state index contributed by atoms with van der Waals surface area (Å²) < 4.78 is 1.91. The Labute approximate surface area is 99.7 Å². The van der Waals surface area contributed by atoms with Crippen LogP contribution in [0, 0.1) is 0 Å². The van der Waals surface area contributed by atoms with Gasteiger partial charge in [-0.05, 0) is 24.7 Å². The molecule has 2 unspecified atom stereocenters. The molecule has 0 amide bonds. The second-order valence-electron chi connectivity index (χ2n) is 4.17. The number of likely N-dealkylation sites (N-methyl/N-ethyl adjacent to an activating group) is 1. The summed E-state index contributed by atoms with van der Waals surface area (Å²) in [5, 5.41) is 22.5. The lowest BCUT2D eigenvalue weighted by atomic mass is 10.0. The van der Waals surface area contributed by atoms with Gasteiger partial charge in [-0.1, -0.05) is 6.07 Å². The van der Waals surface area contributed by atoms with Crippen molar-refractivity contribution in [3.63, 3.8) is 0 Å². The summed E-state index contributed by atoms with van der Waals surface area (Å²) in [4.78, 5) is 4.22. The Kier molecular flexibility index (Phi) is 3.42. The van der Waals surface area contributed by atoms with Crippen LogP contribution in [-0.4, -0.2) is 39.5 Å². The molecule has 5 heteroatoms. The largest absolute Gasteiger partial charge is 0.389 e. The molecule has 2 rings (SSSR count). The topological polar surface area (TPSA) is 70.3 Å². The molecule has 2 aromatic rings. The summed E-state index contributed by atoms with van der Waals surface area (Å²) in [5.74, 6) is 0. The summed E-state index contributed by atoms with van der Waals surface area (Å²) in [5.41, 5.74) is 2.50. The number of hydrogen-bond acceptors (Lipinski definition) is 4. The number of aryl methyl sites for hydroxylation is 1. The van der Waals surface area contributed by atoms with Crippen LogP contribution in [0.5, 0.6) is 0 Å². The number of rotatable bonds is 4. The fourth-order valence-electron chi connectivity index (χ4n) is 1.88. The quantitative estimate of drug-likeness (QED) is 0.707. The van der Waals surface area contributed by atoms with E-state index in [9.17, 15) is 10.2 Å². The smallest absolute Gasteiger partial charge is 0.106 e. The molecule has 0 radical (unpaired) electrons. The molecule has 2 atom stereocenters. The van der Waals surface area contributed by atoms with Gasteiger partial charge in [0.25, 0.3) is 0 Å². The van der Waals surface area contributed by atoms with Crippen molar-refractivity contribution in [1.82, 2.24) is 14.9 Å². The number of nitrogens with zero attached hydrogens (tertiary/aromatic N) is 2. The van der Waals surface area contributed by atoms with Crippen molar-refractivity contribution in [2.75, 3.05) is 13.6 Å². The Morgan fingerprint density at radius 2 is 2.18 bits per heavy atom. The molecule has 0 bridgehead atoms. The average Bonchev–Trinajstić information content (AvgIpc) is 2.70. The summed E-state index contributed by atoms with van der Waals surface area (Å²) in [7, 11) is 3.65. The number of fused-ring (bicyclic) bond motifs is 1. The average molecular weight is 235 g/mol. The van der Waals surface area contributed by atoms with E-state index in [-0.39, 0.29) is 0 Å². The maximum absolute atomic E-state index is 9.96. The Bertz CT molecular complexity index is 509. The van der Waals surface area contributed by atoms with E-state index in [1.807, 2.05) is 23.7 Å². The van der Waals surface area contributed by atoms with E-state index in [0.29, 0.717) is 12.1 Å². The van der Waals surface area contributed by atoms with Gasteiger partial charge in [0.2, 0.25) is 0 Å². The molecule has 92 valence electrons. The second kappa shape index (κ2) is 4.83. The van der Waals surface area contributed by atoms with Gasteiger partial charge in [0.05, 0.1) is 23.5 Å². The third-order valence-corrected chi connectivity index (χ3v) is 2.87. The van der Waals surface area contributed by atoms with Crippen molar-refractivity contribution >= 4 is 11.0 Å². The summed E-state index contributed by atoms with van der Waals surface area (Å²) >= 11 is 0. The number of aromatic nitrogens is 2. The molecule has 3 N–H and O–H groups in total. The Morgan fingerprint density at radius 3 is 2.88 bits per heavy atom. The summed E-state index contributed by atoms with van der Waals surface area (Å²) in [6, 6.07) is 5.51. The van der Waals surface area contributed by atoms with Crippen molar-refractivity contribution in [3.05, 3.63) is 30.1 Å². The molecule has 0 aliphatic carbocycles. The fraction of sp³-hybridized carbons (Fsp3) is 0.417. The highest BCUT2D eigenvalue weighted by Gasteiger charge is 2.18. The van der Waals surface area contributed by atoms with E-state index < -0.39 is 12.2 Å². The van der Waals surface area contributed by atoms with E-state index in [0.717, 1.165) is 11.0 Å². The van der Waals surface area contributed by atoms with Gasteiger partial charge in [0.1, 0.15) is 6.10 Å². The molecular formula is C12H17N3O2. The third-order valence-electron chi connectivity index (χ3n) is 2.87. The zero-order valence-corrected chi connectivity index (χ0v) is 9.96.